The highest BCUT2D eigenvalue weighted by atomic mass is 19.1. The molecule has 1 saturated carbocycles. The molecule has 1 aliphatic heterocycles. The molecule has 0 unspecified atom stereocenters. The van der Waals surface area contributed by atoms with Gasteiger partial charge in [0, 0.05) is 37.8 Å². The number of hydrogen-bond acceptors (Lipinski definition) is 5. The second kappa shape index (κ2) is 7.07. The van der Waals surface area contributed by atoms with Crippen molar-refractivity contribution in [2.75, 3.05) is 6.54 Å². The smallest absolute Gasteiger partial charge is 0.250 e. The fraction of sp³-hybridized carbons (Fsp3) is 0.611. The van der Waals surface area contributed by atoms with Crippen molar-refractivity contribution in [3.63, 3.8) is 0 Å². The molecular weight excluding hydrogens is 321 g/mol. The molecule has 4 rings (SSSR count). The number of ether oxygens (including phenoxy) is 1. The summed E-state index contributed by atoms with van der Waals surface area (Å²) in [6.07, 6.45) is 7.70. The van der Waals surface area contributed by atoms with Gasteiger partial charge in [0.25, 0.3) is 5.88 Å². The topological polar surface area (TPSA) is 56.1 Å². The van der Waals surface area contributed by atoms with Crippen LogP contribution in [0.1, 0.15) is 44.3 Å². The minimum Gasteiger partial charge on any atom is -0.467 e. The Morgan fingerprint density at radius 3 is 2.88 bits per heavy atom. The number of aromatic nitrogens is 4. The largest absolute Gasteiger partial charge is 0.467 e. The third-order valence-corrected chi connectivity index (χ3v) is 5.39. The Morgan fingerprint density at radius 1 is 1.24 bits per heavy atom. The first kappa shape index (κ1) is 16.4. The lowest BCUT2D eigenvalue weighted by molar-refractivity contribution is 0.146. The normalized spacial score (nSPS) is 21.9. The minimum absolute atomic E-state index is 0.00872. The van der Waals surface area contributed by atoms with E-state index in [4.69, 9.17) is 4.74 Å². The molecule has 25 heavy (non-hydrogen) atoms. The summed E-state index contributed by atoms with van der Waals surface area (Å²) in [6, 6.07) is 4.06. The molecule has 2 aliphatic rings. The zero-order valence-corrected chi connectivity index (χ0v) is 14.6. The van der Waals surface area contributed by atoms with Crippen molar-refractivity contribution < 1.29 is 9.13 Å². The number of halogens is 1. The monoisotopic (exact) mass is 345 g/mol. The standard InChI is InChI=1S/C18H24FN5O/c1-13-11-16-21-22-17(12-25-18-15(19)7-4-8-20-18)24(16)10-9-23(13)14-5-2-3-6-14/h4,7-8,13-14H,2-3,5-6,9-12H2,1H3/t13-/m0/s1. The van der Waals surface area contributed by atoms with Crippen LogP contribution in [0.5, 0.6) is 5.88 Å². The number of hydrogen-bond donors (Lipinski definition) is 0. The average Bonchev–Trinajstić information content (AvgIpc) is 3.23. The summed E-state index contributed by atoms with van der Waals surface area (Å²) in [5, 5.41) is 8.62. The van der Waals surface area contributed by atoms with Crippen LogP contribution in [0.4, 0.5) is 4.39 Å². The van der Waals surface area contributed by atoms with Crippen molar-refractivity contribution in [2.45, 2.75) is 64.3 Å². The average molecular weight is 345 g/mol. The maximum Gasteiger partial charge on any atom is 0.250 e. The van der Waals surface area contributed by atoms with Crippen LogP contribution in [0.2, 0.25) is 0 Å². The van der Waals surface area contributed by atoms with E-state index in [1.807, 2.05) is 0 Å². The van der Waals surface area contributed by atoms with Gasteiger partial charge in [-0.25, -0.2) is 9.37 Å². The van der Waals surface area contributed by atoms with Gasteiger partial charge in [0.05, 0.1) is 0 Å². The summed E-state index contributed by atoms with van der Waals surface area (Å²) in [4.78, 5) is 6.55. The predicted molar refractivity (Wildman–Crippen MR) is 90.7 cm³/mol. The molecule has 0 N–H and O–H groups in total. The molecule has 1 atom stereocenters. The fourth-order valence-electron chi connectivity index (χ4n) is 4.09. The van der Waals surface area contributed by atoms with Crippen molar-refractivity contribution in [3.05, 3.63) is 35.8 Å². The predicted octanol–water partition coefficient (Wildman–Crippen LogP) is 2.58. The number of fused-ring (bicyclic) bond motifs is 1. The van der Waals surface area contributed by atoms with E-state index in [0.717, 1.165) is 31.2 Å². The van der Waals surface area contributed by atoms with Crippen molar-refractivity contribution in [1.82, 2.24) is 24.6 Å². The molecule has 0 aromatic carbocycles. The van der Waals surface area contributed by atoms with Gasteiger partial charge in [-0.1, -0.05) is 12.8 Å². The Labute approximate surface area is 147 Å². The van der Waals surface area contributed by atoms with E-state index in [0.29, 0.717) is 12.1 Å². The van der Waals surface area contributed by atoms with Gasteiger partial charge in [-0.05, 0) is 31.9 Å². The van der Waals surface area contributed by atoms with E-state index in [9.17, 15) is 4.39 Å². The Morgan fingerprint density at radius 2 is 2.08 bits per heavy atom. The van der Waals surface area contributed by atoms with Crippen LogP contribution in [0.3, 0.4) is 0 Å². The van der Waals surface area contributed by atoms with Crippen LogP contribution in [0.25, 0.3) is 0 Å². The lowest BCUT2D eigenvalue weighted by Gasteiger charge is -2.32. The first-order valence-corrected chi connectivity index (χ1v) is 9.12. The summed E-state index contributed by atoms with van der Waals surface area (Å²) in [5.41, 5.74) is 0. The van der Waals surface area contributed by atoms with E-state index >= 15 is 0 Å². The van der Waals surface area contributed by atoms with E-state index < -0.39 is 5.82 Å². The number of rotatable bonds is 4. The quantitative estimate of drug-likeness (QED) is 0.852. The second-order valence-corrected chi connectivity index (χ2v) is 6.99. The van der Waals surface area contributed by atoms with Crippen molar-refractivity contribution in [3.8, 4) is 5.88 Å². The van der Waals surface area contributed by atoms with Crippen molar-refractivity contribution in [1.29, 1.82) is 0 Å². The minimum atomic E-state index is -0.459. The Bertz CT molecular complexity index is 728. The zero-order valence-electron chi connectivity index (χ0n) is 14.6. The molecule has 134 valence electrons. The lowest BCUT2D eigenvalue weighted by atomic mass is 10.1. The molecule has 0 bridgehead atoms. The molecule has 2 aromatic heterocycles. The molecule has 0 amide bonds. The van der Waals surface area contributed by atoms with E-state index in [1.54, 1.807) is 6.07 Å². The maximum atomic E-state index is 13.7. The molecule has 0 radical (unpaired) electrons. The van der Waals surface area contributed by atoms with Gasteiger partial charge in [-0.3, -0.25) is 4.90 Å². The molecule has 2 aromatic rings. The number of nitrogens with zero attached hydrogens (tertiary/aromatic N) is 5. The lowest BCUT2D eigenvalue weighted by Crippen LogP contribution is -2.41. The Kier molecular flexibility index (Phi) is 4.65. The van der Waals surface area contributed by atoms with Crippen LogP contribution >= 0.6 is 0 Å². The fourth-order valence-corrected chi connectivity index (χ4v) is 4.09. The highest BCUT2D eigenvalue weighted by Gasteiger charge is 2.30. The number of pyridine rings is 1. The van der Waals surface area contributed by atoms with Crippen LogP contribution in [-0.4, -0.2) is 43.3 Å². The van der Waals surface area contributed by atoms with Crippen LogP contribution in [0.15, 0.2) is 18.3 Å². The SMILES string of the molecule is C[C@H]1Cc2nnc(COc3ncccc3F)n2CCN1C1CCCC1. The molecule has 0 saturated heterocycles. The van der Waals surface area contributed by atoms with Crippen molar-refractivity contribution in [2.24, 2.45) is 0 Å². The van der Waals surface area contributed by atoms with Gasteiger partial charge in [0.2, 0.25) is 0 Å². The van der Waals surface area contributed by atoms with Crippen LogP contribution in [-0.2, 0) is 19.6 Å². The molecule has 7 heteroatoms. The molecule has 0 spiro atoms. The Hall–Kier alpha value is -2.02. The molecular formula is C18H24FN5O. The van der Waals surface area contributed by atoms with E-state index in [1.165, 1.54) is 37.9 Å². The maximum absolute atomic E-state index is 13.7. The highest BCUT2D eigenvalue weighted by molar-refractivity contribution is 5.13. The van der Waals surface area contributed by atoms with E-state index in [-0.39, 0.29) is 12.5 Å². The van der Waals surface area contributed by atoms with Gasteiger partial charge >= 0.3 is 0 Å². The Balaban J connectivity index is 1.47. The van der Waals surface area contributed by atoms with Crippen LogP contribution in [0, 0.1) is 5.82 Å². The van der Waals surface area contributed by atoms with Crippen LogP contribution < -0.4 is 4.74 Å². The van der Waals surface area contributed by atoms with Gasteiger partial charge in [-0.15, -0.1) is 10.2 Å². The molecule has 1 fully saturated rings. The van der Waals surface area contributed by atoms with Gasteiger partial charge in [-0.2, -0.15) is 0 Å². The van der Waals surface area contributed by atoms with Crippen molar-refractivity contribution >= 4 is 0 Å². The summed E-state index contributed by atoms with van der Waals surface area (Å²) in [6.45, 7) is 4.31. The van der Waals surface area contributed by atoms with Gasteiger partial charge in [0.15, 0.2) is 11.6 Å². The second-order valence-electron chi connectivity index (χ2n) is 6.99. The first-order chi connectivity index (χ1) is 12.2. The highest BCUT2D eigenvalue weighted by Crippen LogP contribution is 2.27. The molecule has 1 aliphatic carbocycles. The third-order valence-electron chi connectivity index (χ3n) is 5.39. The zero-order chi connectivity index (χ0) is 17.2. The summed E-state index contributed by atoms with van der Waals surface area (Å²) in [7, 11) is 0. The van der Waals surface area contributed by atoms with E-state index in [2.05, 4.69) is 31.6 Å². The first-order valence-electron chi connectivity index (χ1n) is 9.12. The van der Waals surface area contributed by atoms with Gasteiger partial charge < -0.3 is 9.30 Å². The summed E-state index contributed by atoms with van der Waals surface area (Å²) >= 11 is 0. The summed E-state index contributed by atoms with van der Waals surface area (Å²) < 4.78 is 21.3. The summed E-state index contributed by atoms with van der Waals surface area (Å²) in [5.74, 6) is 1.28. The molecule has 6 nitrogen and oxygen atoms in total. The third kappa shape index (κ3) is 3.38. The van der Waals surface area contributed by atoms with Gasteiger partial charge in [0.1, 0.15) is 12.4 Å². The molecule has 3 heterocycles.